The monoisotopic (exact) mass is 342 g/mol. The van der Waals surface area contributed by atoms with Crippen LogP contribution in [0.1, 0.15) is 23.6 Å². The van der Waals surface area contributed by atoms with Crippen molar-refractivity contribution in [3.05, 3.63) is 53.6 Å². The Balaban J connectivity index is 1.89. The van der Waals surface area contributed by atoms with Crippen LogP contribution in [0.15, 0.2) is 41.4 Å². The van der Waals surface area contributed by atoms with Gasteiger partial charge >= 0.3 is 6.18 Å². The van der Waals surface area contributed by atoms with Crippen LogP contribution >= 0.6 is 11.8 Å². The summed E-state index contributed by atoms with van der Waals surface area (Å²) in [6.07, 6.45) is -4.63. The highest BCUT2D eigenvalue weighted by molar-refractivity contribution is 7.99. The highest BCUT2D eigenvalue weighted by Gasteiger charge is 2.37. The van der Waals surface area contributed by atoms with Crippen molar-refractivity contribution in [2.45, 2.75) is 23.4 Å². The van der Waals surface area contributed by atoms with Gasteiger partial charge in [0.25, 0.3) is 5.82 Å². The molecular weight excluding hydrogens is 332 g/mol. The first-order valence-electron chi connectivity index (χ1n) is 6.56. The molecule has 3 aromatic rings. The van der Waals surface area contributed by atoms with Crippen LogP contribution in [-0.4, -0.2) is 19.8 Å². The molecule has 1 unspecified atom stereocenters. The lowest BCUT2D eigenvalue weighted by Gasteiger charge is -2.11. The Morgan fingerprint density at radius 2 is 1.74 bits per heavy atom. The first-order chi connectivity index (χ1) is 10.8. The molecule has 23 heavy (non-hydrogen) atoms. The molecule has 1 atom stereocenters. The van der Waals surface area contributed by atoms with E-state index in [1.54, 1.807) is 18.2 Å². The van der Waals surface area contributed by atoms with Gasteiger partial charge in [-0.15, -0.1) is 10.2 Å². The van der Waals surface area contributed by atoms with Crippen LogP contribution in [0, 0.1) is 5.82 Å². The molecule has 0 bridgehead atoms. The van der Waals surface area contributed by atoms with Crippen LogP contribution in [0.25, 0.3) is 5.65 Å². The second kappa shape index (κ2) is 5.80. The zero-order chi connectivity index (χ0) is 16.6. The molecule has 0 saturated carbocycles. The van der Waals surface area contributed by atoms with Crippen molar-refractivity contribution in [3.8, 4) is 0 Å². The molecule has 120 valence electrons. The summed E-state index contributed by atoms with van der Waals surface area (Å²) in [6.45, 7) is 1.86. The van der Waals surface area contributed by atoms with E-state index in [0.29, 0.717) is 9.54 Å². The summed E-state index contributed by atoms with van der Waals surface area (Å²) < 4.78 is 52.1. The number of halogens is 4. The Kier molecular flexibility index (Phi) is 3.97. The fourth-order valence-corrected chi connectivity index (χ4v) is 2.93. The van der Waals surface area contributed by atoms with Crippen molar-refractivity contribution < 1.29 is 17.6 Å². The van der Waals surface area contributed by atoms with E-state index in [9.17, 15) is 17.6 Å². The Hall–Kier alpha value is -2.16. The van der Waals surface area contributed by atoms with Crippen molar-refractivity contribution >= 4 is 17.4 Å². The third-order valence-corrected chi connectivity index (χ3v) is 4.21. The SMILES string of the molecule is CC(Sc1ccc2nnc(C(F)(F)F)n2n1)c1ccc(F)cc1. The number of fused-ring (bicyclic) bond motifs is 1. The number of rotatable bonds is 3. The average molecular weight is 342 g/mol. The Morgan fingerprint density at radius 3 is 2.39 bits per heavy atom. The second-order valence-corrected chi connectivity index (χ2v) is 6.14. The van der Waals surface area contributed by atoms with Crippen LogP contribution in [0.5, 0.6) is 0 Å². The predicted octanol–water partition coefficient (Wildman–Crippen LogP) is 4.14. The van der Waals surface area contributed by atoms with Gasteiger partial charge in [-0.25, -0.2) is 4.39 Å². The van der Waals surface area contributed by atoms with Crippen molar-refractivity contribution in [1.82, 2.24) is 19.8 Å². The van der Waals surface area contributed by atoms with Gasteiger partial charge < -0.3 is 0 Å². The summed E-state index contributed by atoms with van der Waals surface area (Å²) in [6, 6.07) is 8.94. The summed E-state index contributed by atoms with van der Waals surface area (Å²) in [5.41, 5.74) is 0.870. The molecule has 1 aromatic carbocycles. The van der Waals surface area contributed by atoms with Crippen molar-refractivity contribution in [3.63, 3.8) is 0 Å². The smallest absolute Gasteiger partial charge is 0.207 e. The van der Waals surface area contributed by atoms with E-state index in [2.05, 4.69) is 15.3 Å². The molecule has 0 aliphatic rings. The molecular formula is C14H10F4N4S. The van der Waals surface area contributed by atoms with Gasteiger partial charge in [-0.2, -0.15) is 22.8 Å². The van der Waals surface area contributed by atoms with Crippen LogP contribution in [0.4, 0.5) is 17.6 Å². The zero-order valence-corrected chi connectivity index (χ0v) is 12.6. The minimum absolute atomic E-state index is 0.0242. The number of hydrogen-bond donors (Lipinski definition) is 0. The summed E-state index contributed by atoms with van der Waals surface area (Å²) in [4.78, 5) is 0. The number of aromatic nitrogens is 4. The number of nitrogens with zero attached hydrogens (tertiary/aromatic N) is 4. The zero-order valence-electron chi connectivity index (χ0n) is 11.8. The lowest BCUT2D eigenvalue weighted by molar-refractivity contribution is -0.146. The van der Waals surface area contributed by atoms with Crippen LogP contribution < -0.4 is 0 Å². The lowest BCUT2D eigenvalue weighted by atomic mass is 10.2. The van der Waals surface area contributed by atoms with Gasteiger partial charge in [0.1, 0.15) is 10.8 Å². The third kappa shape index (κ3) is 3.29. The van der Waals surface area contributed by atoms with Crippen LogP contribution in [-0.2, 0) is 6.18 Å². The van der Waals surface area contributed by atoms with Crippen molar-refractivity contribution in [2.75, 3.05) is 0 Å². The summed E-state index contributed by atoms with van der Waals surface area (Å²) in [7, 11) is 0. The molecule has 0 spiro atoms. The largest absolute Gasteiger partial charge is 0.453 e. The first kappa shape index (κ1) is 15.7. The van der Waals surface area contributed by atoms with Crippen LogP contribution in [0.3, 0.4) is 0 Å². The molecule has 3 rings (SSSR count). The highest BCUT2D eigenvalue weighted by atomic mass is 32.2. The topological polar surface area (TPSA) is 43.1 Å². The minimum Gasteiger partial charge on any atom is -0.207 e. The van der Waals surface area contributed by atoms with E-state index in [-0.39, 0.29) is 16.7 Å². The maximum absolute atomic E-state index is 12.9. The molecule has 0 saturated heterocycles. The van der Waals surface area contributed by atoms with Gasteiger partial charge in [0.2, 0.25) is 0 Å². The van der Waals surface area contributed by atoms with E-state index < -0.39 is 12.0 Å². The summed E-state index contributed by atoms with van der Waals surface area (Å²) in [5.74, 6) is -1.51. The molecule has 4 nitrogen and oxygen atoms in total. The van der Waals surface area contributed by atoms with E-state index in [1.807, 2.05) is 6.92 Å². The van der Waals surface area contributed by atoms with Crippen molar-refractivity contribution in [1.29, 1.82) is 0 Å². The number of hydrogen-bond acceptors (Lipinski definition) is 4. The third-order valence-electron chi connectivity index (χ3n) is 3.13. The molecule has 0 aliphatic carbocycles. The summed E-state index contributed by atoms with van der Waals surface area (Å²) >= 11 is 1.26. The minimum atomic E-state index is -4.63. The van der Waals surface area contributed by atoms with E-state index in [0.717, 1.165) is 5.56 Å². The van der Waals surface area contributed by atoms with Gasteiger partial charge in [0.05, 0.1) is 0 Å². The molecule has 0 fully saturated rings. The van der Waals surface area contributed by atoms with Gasteiger partial charge in [-0.3, -0.25) is 0 Å². The molecule has 0 radical (unpaired) electrons. The fraction of sp³-hybridized carbons (Fsp3) is 0.214. The number of thioether (sulfide) groups is 1. The first-order valence-corrected chi connectivity index (χ1v) is 7.44. The number of benzene rings is 1. The Labute approximate surface area is 132 Å². The normalized spacial score (nSPS) is 13.4. The maximum Gasteiger partial charge on any atom is 0.453 e. The second-order valence-electron chi connectivity index (χ2n) is 4.77. The van der Waals surface area contributed by atoms with Crippen molar-refractivity contribution in [2.24, 2.45) is 0 Å². The highest BCUT2D eigenvalue weighted by Crippen LogP contribution is 2.34. The van der Waals surface area contributed by atoms with Gasteiger partial charge in [0, 0.05) is 5.25 Å². The molecule has 0 N–H and O–H groups in total. The maximum atomic E-state index is 12.9. The standard InChI is InChI=1S/C14H10F4N4S/c1-8(9-2-4-10(15)5-3-9)23-12-7-6-11-19-20-13(14(16,17)18)22(11)21-12/h2-8H,1H3. The average Bonchev–Trinajstić information content (AvgIpc) is 2.91. The molecule has 0 aliphatic heterocycles. The van der Waals surface area contributed by atoms with Gasteiger partial charge in [-0.1, -0.05) is 23.9 Å². The van der Waals surface area contributed by atoms with E-state index in [4.69, 9.17) is 0 Å². The molecule has 2 aromatic heterocycles. The Morgan fingerprint density at radius 1 is 1.04 bits per heavy atom. The van der Waals surface area contributed by atoms with E-state index >= 15 is 0 Å². The quantitative estimate of drug-likeness (QED) is 0.530. The lowest BCUT2D eigenvalue weighted by Crippen LogP contribution is -2.12. The summed E-state index contributed by atoms with van der Waals surface area (Å²) in [5, 5.41) is 10.8. The van der Waals surface area contributed by atoms with Crippen LogP contribution in [0.2, 0.25) is 0 Å². The fourth-order valence-electron chi connectivity index (χ4n) is 1.99. The Bertz CT molecular complexity index is 829. The van der Waals surface area contributed by atoms with E-state index in [1.165, 1.54) is 30.0 Å². The molecule has 2 heterocycles. The molecule has 0 amide bonds. The number of alkyl halides is 3. The predicted molar refractivity (Wildman–Crippen MR) is 76.5 cm³/mol. The molecule has 9 heteroatoms. The van der Waals surface area contributed by atoms with Gasteiger partial charge in [-0.05, 0) is 36.8 Å². The van der Waals surface area contributed by atoms with Gasteiger partial charge in [0.15, 0.2) is 5.65 Å².